The van der Waals surface area contributed by atoms with Crippen molar-refractivity contribution < 1.29 is 19.3 Å². The van der Waals surface area contributed by atoms with Crippen molar-refractivity contribution in [1.29, 1.82) is 0 Å². The average Bonchev–Trinajstić information content (AvgIpc) is 3.00. The Morgan fingerprint density at radius 2 is 1.55 bits per heavy atom. The van der Waals surface area contributed by atoms with Crippen LogP contribution in [0.5, 0.6) is 5.88 Å². The molecule has 1 heterocycles. The van der Waals surface area contributed by atoms with E-state index in [0.29, 0.717) is 51.8 Å². The molecule has 0 aliphatic carbocycles. The van der Waals surface area contributed by atoms with Crippen LogP contribution in [0.1, 0.15) is 42.4 Å². The summed E-state index contributed by atoms with van der Waals surface area (Å²) in [5, 5.41) is 13.8. The van der Waals surface area contributed by atoms with E-state index in [4.69, 9.17) is 19.2 Å². The van der Waals surface area contributed by atoms with Gasteiger partial charge in [0.2, 0.25) is 5.88 Å². The Labute approximate surface area is 258 Å². The van der Waals surface area contributed by atoms with E-state index in [1.165, 1.54) is 5.56 Å². The number of aryl methyl sites for hydroxylation is 1. The van der Waals surface area contributed by atoms with Crippen LogP contribution in [0.15, 0.2) is 89.4 Å². The second-order valence-corrected chi connectivity index (χ2v) is 11.8. The van der Waals surface area contributed by atoms with Crippen LogP contribution in [-0.4, -0.2) is 74.3 Å². The Morgan fingerprint density at radius 1 is 0.857 bits per heavy atom. The van der Waals surface area contributed by atoms with Crippen LogP contribution in [0, 0.1) is 0 Å². The molecular weight excluding hydrogens is 592 g/mol. The largest absolute Gasteiger partial charge is 0.475 e. The second kappa shape index (κ2) is 16.1. The lowest BCUT2D eigenvalue weighted by Crippen LogP contribution is -2.40. The van der Waals surface area contributed by atoms with Crippen molar-refractivity contribution in [2.75, 3.05) is 53.7 Å². The van der Waals surface area contributed by atoms with Gasteiger partial charge in [0.15, 0.2) is 0 Å². The fraction of sp³-hybridized carbons (Fsp3) is 0.400. The van der Waals surface area contributed by atoms with Gasteiger partial charge in [-0.1, -0.05) is 76.6 Å². The first-order valence-corrected chi connectivity index (χ1v) is 15.5. The molecule has 6 nitrogen and oxygen atoms in total. The van der Waals surface area contributed by atoms with E-state index in [0.717, 1.165) is 39.5 Å². The van der Waals surface area contributed by atoms with Crippen LogP contribution in [-0.2, 0) is 15.9 Å². The number of ether oxygens (including phenoxy) is 3. The van der Waals surface area contributed by atoms with Crippen molar-refractivity contribution in [2.45, 2.75) is 37.7 Å². The van der Waals surface area contributed by atoms with Gasteiger partial charge in [0.1, 0.15) is 6.61 Å². The minimum absolute atomic E-state index is 0.343. The van der Waals surface area contributed by atoms with Crippen molar-refractivity contribution in [3.63, 3.8) is 0 Å². The first-order chi connectivity index (χ1) is 20.4. The van der Waals surface area contributed by atoms with E-state index < -0.39 is 5.60 Å². The first-order valence-electron chi connectivity index (χ1n) is 14.7. The molecule has 0 aliphatic heterocycles. The van der Waals surface area contributed by atoms with Gasteiger partial charge in [-0.15, -0.1) is 0 Å². The van der Waals surface area contributed by atoms with Crippen LogP contribution < -0.4 is 4.74 Å². The normalized spacial score (nSPS) is 13.8. The second-order valence-electron chi connectivity index (χ2n) is 10.9. The molecule has 42 heavy (non-hydrogen) atoms. The number of benzene rings is 3. The minimum Gasteiger partial charge on any atom is -0.475 e. The standard InChI is InChI=1S/C35H43BrN2O4/c1-4-40-21-22-41-23-24-42-34-31(26-29-25-30(36)15-16-32(29)37-34)33(28-13-9-6-10-14-28)35(39,19-20-38(2)3)18-17-27-11-7-5-8-12-27/h5-16,25-26,33,39H,4,17-24H2,1-3H3. The molecule has 2 atom stereocenters. The Morgan fingerprint density at radius 3 is 2.26 bits per heavy atom. The number of halogens is 1. The van der Waals surface area contributed by atoms with Crippen LogP contribution in [0.2, 0.25) is 0 Å². The number of aromatic nitrogens is 1. The zero-order valence-electron chi connectivity index (χ0n) is 25.0. The number of nitrogens with zero attached hydrogens (tertiary/aromatic N) is 2. The highest BCUT2D eigenvalue weighted by molar-refractivity contribution is 9.10. The highest BCUT2D eigenvalue weighted by atomic mass is 79.9. The summed E-state index contributed by atoms with van der Waals surface area (Å²) in [4.78, 5) is 7.12. The lowest BCUT2D eigenvalue weighted by Gasteiger charge is -2.38. The van der Waals surface area contributed by atoms with E-state index in [9.17, 15) is 5.11 Å². The molecule has 0 spiro atoms. The smallest absolute Gasteiger partial charge is 0.217 e. The third-order valence-electron chi connectivity index (χ3n) is 7.47. The molecule has 0 saturated carbocycles. The molecular formula is C35H43BrN2O4. The third-order valence-corrected chi connectivity index (χ3v) is 7.97. The zero-order valence-corrected chi connectivity index (χ0v) is 26.6. The lowest BCUT2D eigenvalue weighted by molar-refractivity contribution is 0.000226. The molecule has 0 aliphatic rings. The predicted molar refractivity (Wildman–Crippen MR) is 173 cm³/mol. The Balaban J connectivity index is 1.77. The van der Waals surface area contributed by atoms with E-state index in [1.54, 1.807) is 0 Å². The van der Waals surface area contributed by atoms with Gasteiger partial charge < -0.3 is 24.2 Å². The Kier molecular flexibility index (Phi) is 12.3. The van der Waals surface area contributed by atoms with Crippen molar-refractivity contribution in [2.24, 2.45) is 0 Å². The summed E-state index contributed by atoms with van der Waals surface area (Å²) in [5.74, 6) is 0.155. The number of hydrogen-bond acceptors (Lipinski definition) is 6. The minimum atomic E-state index is -1.07. The molecule has 224 valence electrons. The van der Waals surface area contributed by atoms with Crippen LogP contribution in [0.25, 0.3) is 10.9 Å². The Bertz CT molecular complexity index is 1370. The highest BCUT2D eigenvalue weighted by Gasteiger charge is 2.40. The van der Waals surface area contributed by atoms with Gasteiger partial charge in [-0.3, -0.25) is 0 Å². The summed E-state index contributed by atoms with van der Waals surface area (Å²) in [5.41, 5.74) is 2.86. The van der Waals surface area contributed by atoms with Gasteiger partial charge in [0.05, 0.1) is 30.9 Å². The summed E-state index contributed by atoms with van der Waals surface area (Å²) < 4.78 is 18.4. The molecule has 0 amide bonds. The highest BCUT2D eigenvalue weighted by Crippen LogP contribution is 2.44. The quantitative estimate of drug-likeness (QED) is 0.128. The van der Waals surface area contributed by atoms with Gasteiger partial charge in [-0.25, -0.2) is 4.98 Å². The number of rotatable bonds is 17. The number of aliphatic hydroxyl groups is 1. The van der Waals surface area contributed by atoms with Crippen molar-refractivity contribution in [1.82, 2.24) is 9.88 Å². The Hall–Kier alpha value is -2.81. The van der Waals surface area contributed by atoms with Crippen molar-refractivity contribution in [3.8, 4) is 5.88 Å². The molecule has 0 radical (unpaired) electrons. The topological polar surface area (TPSA) is 64.0 Å². The maximum absolute atomic E-state index is 12.8. The van der Waals surface area contributed by atoms with E-state index in [2.05, 4.69) is 69.4 Å². The van der Waals surface area contributed by atoms with Crippen molar-refractivity contribution in [3.05, 3.63) is 106 Å². The monoisotopic (exact) mass is 634 g/mol. The maximum Gasteiger partial charge on any atom is 0.217 e. The first kappa shape index (κ1) is 32.1. The van der Waals surface area contributed by atoms with Gasteiger partial charge in [0, 0.05) is 34.5 Å². The number of pyridine rings is 1. The molecule has 0 saturated heterocycles. The fourth-order valence-electron chi connectivity index (χ4n) is 5.29. The summed E-state index contributed by atoms with van der Waals surface area (Å²) >= 11 is 3.62. The third kappa shape index (κ3) is 9.09. The molecule has 4 rings (SSSR count). The molecule has 0 bridgehead atoms. The summed E-state index contributed by atoms with van der Waals surface area (Å²) in [6.45, 7) is 5.21. The lowest BCUT2D eigenvalue weighted by atomic mass is 9.72. The van der Waals surface area contributed by atoms with Gasteiger partial charge in [-0.2, -0.15) is 0 Å². The summed E-state index contributed by atoms with van der Waals surface area (Å²) in [6, 6.07) is 28.8. The van der Waals surface area contributed by atoms with E-state index in [-0.39, 0.29) is 5.92 Å². The molecule has 4 aromatic rings. The van der Waals surface area contributed by atoms with Crippen LogP contribution >= 0.6 is 15.9 Å². The molecule has 7 heteroatoms. The number of fused-ring (bicyclic) bond motifs is 1. The van der Waals surface area contributed by atoms with Crippen molar-refractivity contribution >= 4 is 26.8 Å². The van der Waals surface area contributed by atoms with Gasteiger partial charge in [0.25, 0.3) is 0 Å². The SMILES string of the molecule is CCOCCOCCOc1nc2ccc(Br)cc2cc1C(c1ccccc1)C(O)(CCc1ccccc1)CCN(C)C. The molecule has 1 N–H and O–H groups in total. The number of hydrogen-bond donors (Lipinski definition) is 1. The van der Waals surface area contributed by atoms with Gasteiger partial charge >= 0.3 is 0 Å². The zero-order chi connectivity index (χ0) is 29.8. The fourth-order valence-corrected chi connectivity index (χ4v) is 5.67. The van der Waals surface area contributed by atoms with E-state index in [1.807, 2.05) is 57.4 Å². The molecule has 2 unspecified atom stereocenters. The van der Waals surface area contributed by atoms with Crippen LogP contribution in [0.4, 0.5) is 0 Å². The molecule has 0 fully saturated rings. The summed E-state index contributed by atoms with van der Waals surface area (Å²) in [7, 11) is 4.09. The maximum atomic E-state index is 12.8. The van der Waals surface area contributed by atoms with E-state index >= 15 is 0 Å². The predicted octanol–water partition coefficient (Wildman–Crippen LogP) is 6.88. The van der Waals surface area contributed by atoms with Crippen LogP contribution in [0.3, 0.4) is 0 Å². The average molecular weight is 636 g/mol. The molecule has 3 aromatic carbocycles. The van der Waals surface area contributed by atoms with Gasteiger partial charge in [-0.05, 0) is 75.7 Å². The molecule has 1 aromatic heterocycles. The summed E-state index contributed by atoms with van der Waals surface area (Å²) in [6.07, 6.45) is 1.92.